The van der Waals surface area contributed by atoms with Crippen molar-refractivity contribution in [3.05, 3.63) is 0 Å². The van der Waals surface area contributed by atoms with Crippen molar-refractivity contribution in [2.45, 2.75) is 38.1 Å². The summed E-state index contributed by atoms with van der Waals surface area (Å²) in [5, 5.41) is 8.75. The SMILES string of the molecule is Cl.N[C@@H]1CCCCC[C@@H]1C(=O)O. The lowest BCUT2D eigenvalue weighted by Gasteiger charge is -2.15. The van der Waals surface area contributed by atoms with E-state index in [9.17, 15) is 4.79 Å². The summed E-state index contributed by atoms with van der Waals surface area (Å²) in [5.41, 5.74) is 5.70. The zero-order valence-electron chi connectivity index (χ0n) is 7.03. The van der Waals surface area contributed by atoms with E-state index in [4.69, 9.17) is 10.8 Å². The van der Waals surface area contributed by atoms with Gasteiger partial charge < -0.3 is 10.8 Å². The van der Waals surface area contributed by atoms with Crippen molar-refractivity contribution in [1.82, 2.24) is 0 Å². The monoisotopic (exact) mass is 193 g/mol. The number of hydrogen-bond acceptors (Lipinski definition) is 2. The van der Waals surface area contributed by atoms with Crippen molar-refractivity contribution in [2.24, 2.45) is 11.7 Å². The maximum atomic E-state index is 10.6. The molecule has 0 saturated heterocycles. The van der Waals surface area contributed by atoms with Gasteiger partial charge in [0, 0.05) is 6.04 Å². The van der Waals surface area contributed by atoms with Crippen LogP contribution in [0.2, 0.25) is 0 Å². The lowest BCUT2D eigenvalue weighted by atomic mass is 9.96. The lowest BCUT2D eigenvalue weighted by Crippen LogP contribution is -2.34. The average molecular weight is 194 g/mol. The van der Waals surface area contributed by atoms with Crippen LogP contribution in [0.3, 0.4) is 0 Å². The van der Waals surface area contributed by atoms with Gasteiger partial charge in [0.15, 0.2) is 0 Å². The van der Waals surface area contributed by atoms with E-state index in [0.717, 1.165) is 32.1 Å². The molecule has 0 spiro atoms. The molecule has 0 amide bonds. The molecular weight excluding hydrogens is 178 g/mol. The van der Waals surface area contributed by atoms with Gasteiger partial charge >= 0.3 is 5.97 Å². The quantitative estimate of drug-likeness (QED) is 0.619. The second-order valence-corrected chi connectivity index (χ2v) is 3.25. The zero-order valence-corrected chi connectivity index (χ0v) is 7.85. The summed E-state index contributed by atoms with van der Waals surface area (Å²) in [5.74, 6) is -1.02. The highest BCUT2D eigenvalue weighted by Crippen LogP contribution is 2.21. The Hall–Kier alpha value is -0.280. The molecule has 0 radical (unpaired) electrons. The topological polar surface area (TPSA) is 63.3 Å². The fourth-order valence-electron chi connectivity index (χ4n) is 1.64. The van der Waals surface area contributed by atoms with E-state index < -0.39 is 5.97 Å². The second kappa shape index (κ2) is 5.38. The van der Waals surface area contributed by atoms with Crippen molar-refractivity contribution in [2.75, 3.05) is 0 Å². The van der Waals surface area contributed by atoms with Gasteiger partial charge in [-0.2, -0.15) is 0 Å². The molecule has 2 atom stereocenters. The molecule has 0 aromatic rings. The van der Waals surface area contributed by atoms with Gasteiger partial charge in [-0.1, -0.05) is 19.3 Å². The third-order valence-corrected chi connectivity index (χ3v) is 2.39. The standard InChI is InChI=1S/C8H15NO2.ClH/c9-7-5-3-1-2-4-6(7)8(10)11;/h6-7H,1-5,9H2,(H,10,11);1H/t6-,7+;/m0./s1. The van der Waals surface area contributed by atoms with Gasteiger partial charge in [-0.25, -0.2) is 0 Å². The van der Waals surface area contributed by atoms with E-state index in [1.165, 1.54) is 0 Å². The molecule has 1 aliphatic carbocycles. The molecule has 0 aliphatic heterocycles. The van der Waals surface area contributed by atoms with Crippen molar-refractivity contribution < 1.29 is 9.90 Å². The molecule has 0 heterocycles. The zero-order chi connectivity index (χ0) is 8.27. The Kier molecular flexibility index (Phi) is 5.25. The van der Waals surface area contributed by atoms with Gasteiger partial charge in [-0.3, -0.25) is 4.79 Å². The largest absolute Gasteiger partial charge is 0.481 e. The summed E-state index contributed by atoms with van der Waals surface area (Å²) in [7, 11) is 0. The second-order valence-electron chi connectivity index (χ2n) is 3.25. The Morgan fingerprint density at radius 3 is 2.42 bits per heavy atom. The van der Waals surface area contributed by atoms with Gasteiger partial charge in [0.1, 0.15) is 0 Å². The van der Waals surface area contributed by atoms with Crippen LogP contribution in [0.1, 0.15) is 32.1 Å². The van der Waals surface area contributed by atoms with E-state index >= 15 is 0 Å². The normalized spacial score (nSPS) is 30.1. The maximum absolute atomic E-state index is 10.6. The third kappa shape index (κ3) is 2.99. The van der Waals surface area contributed by atoms with Crippen molar-refractivity contribution in [1.29, 1.82) is 0 Å². The van der Waals surface area contributed by atoms with Crippen LogP contribution in [0, 0.1) is 5.92 Å². The minimum absolute atomic E-state index is 0. The summed E-state index contributed by atoms with van der Waals surface area (Å²) < 4.78 is 0. The Balaban J connectivity index is 0.00000121. The summed E-state index contributed by atoms with van der Waals surface area (Å²) in [4.78, 5) is 10.6. The number of aliphatic carboxylic acids is 1. The first-order valence-electron chi connectivity index (χ1n) is 4.20. The smallest absolute Gasteiger partial charge is 0.308 e. The van der Waals surface area contributed by atoms with Crippen LogP contribution < -0.4 is 5.73 Å². The average Bonchev–Trinajstić information content (AvgIpc) is 2.13. The first-order chi connectivity index (χ1) is 5.22. The maximum Gasteiger partial charge on any atom is 0.308 e. The molecule has 1 saturated carbocycles. The number of halogens is 1. The van der Waals surface area contributed by atoms with E-state index in [0.29, 0.717) is 0 Å². The summed E-state index contributed by atoms with van der Waals surface area (Å²) in [6.45, 7) is 0. The van der Waals surface area contributed by atoms with E-state index in [2.05, 4.69) is 0 Å². The van der Waals surface area contributed by atoms with Crippen LogP contribution in [-0.4, -0.2) is 17.1 Å². The van der Waals surface area contributed by atoms with Crippen LogP contribution in [0.25, 0.3) is 0 Å². The molecule has 3 nitrogen and oxygen atoms in total. The van der Waals surface area contributed by atoms with Crippen LogP contribution in [0.4, 0.5) is 0 Å². The lowest BCUT2D eigenvalue weighted by molar-refractivity contribution is -0.142. The van der Waals surface area contributed by atoms with Crippen molar-refractivity contribution >= 4 is 18.4 Å². The highest BCUT2D eigenvalue weighted by atomic mass is 35.5. The molecule has 1 aliphatic rings. The van der Waals surface area contributed by atoms with Crippen molar-refractivity contribution in [3.8, 4) is 0 Å². The summed E-state index contributed by atoms with van der Waals surface area (Å²) in [6.07, 6.45) is 4.88. The van der Waals surface area contributed by atoms with Crippen LogP contribution >= 0.6 is 12.4 Å². The van der Waals surface area contributed by atoms with Gasteiger partial charge in [-0.15, -0.1) is 12.4 Å². The fourth-order valence-corrected chi connectivity index (χ4v) is 1.64. The molecule has 0 unspecified atom stereocenters. The molecule has 0 aromatic carbocycles. The Morgan fingerprint density at radius 2 is 1.83 bits per heavy atom. The first kappa shape index (κ1) is 11.7. The Labute approximate surface area is 78.7 Å². The van der Waals surface area contributed by atoms with Crippen molar-refractivity contribution in [3.63, 3.8) is 0 Å². The molecule has 3 N–H and O–H groups in total. The number of hydrogen-bond donors (Lipinski definition) is 2. The predicted octanol–water partition coefficient (Wildman–Crippen LogP) is 1.40. The Bertz CT molecular complexity index is 152. The van der Waals surface area contributed by atoms with Gasteiger partial charge in [-0.05, 0) is 12.8 Å². The molecule has 1 rings (SSSR count). The molecule has 0 aromatic heterocycles. The summed E-state index contributed by atoms with van der Waals surface area (Å²) in [6, 6.07) is -0.116. The predicted molar refractivity (Wildman–Crippen MR) is 49.4 cm³/mol. The van der Waals surface area contributed by atoms with E-state index in [1.807, 2.05) is 0 Å². The highest BCUT2D eigenvalue weighted by Gasteiger charge is 2.26. The number of nitrogens with two attached hydrogens (primary N) is 1. The highest BCUT2D eigenvalue weighted by molar-refractivity contribution is 5.85. The van der Waals surface area contributed by atoms with Gasteiger partial charge in [0.2, 0.25) is 0 Å². The van der Waals surface area contributed by atoms with E-state index in [1.54, 1.807) is 0 Å². The number of carbonyl (C=O) groups is 1. The van der Waals surface area contributed by atoms with Gasteiger partial charge in [0.05, 0.1) is 5.92 Å². The number of rotatable bonds is 1. The number of carboxylic acid groups (broad SMARTS) is 1. The fraction of sp³-hybridized carbons (Fsp3) is 0.875. The van der Waals surface area contributed by atoms with E-state index in [-0.39, 0.29) is 24.4 Å². The van der Waals surface area contributed by atoms with Crippen LogP contribution in [0.5, 0.6) is 0 Å². The summed E-state index contributed by atoms with van der Waals surface area (Å²) >= 11 is 0. The minimum atomic E-state index is -0.723. The molecule has 12 heavy (non-hydrogen) atoms. The molecule has 4 heteroatoms. The Morgan fingerprint density at radius 1 is 1.25 bits per heavy atom. The molecule has 1 fully saturated rings. The van der Waals surface area contributed by atoms with Crippen LogP contribution in [0.15, 0.2) is 0 Å². The molecule has 0 bridgehead atoms. The molecular formula is C8H16ClNO2. The van der Waals surface area contributed by atoms with Crippen LogP contribution in [-0.2, 0) is 4.79 Å². The third-order valence-electron chi connectivity index (χ3n) is 2.39. The minimum Gasteiger partial charge on any atom is -0.481 e. The first-order valence-corrected chi connectivity index (χ1v) is 4.20. The molecule has 72 valence electrons. The number of carboxylic acids is 1. The van der Waals surface area contributed by atoms with Gasteiger partial charge in [0.25, 0.3) is 0 Å².